The normalized spacial score (nSPS) is 17.3. The number of ether oxygens (including phenoxy) is 2. The Bertz CT molecular complexity index is 2120. The highest BCUT2D eigenvalue weighted by atomic mass is 16.6. The first-order valence-corrected chi connectivity index (χ1v) is 16.6. The Hall–Kier alpha value is -5.56. The maximum absolute atomic E-state index is 14.0. The zero-order chi connectivity index (χ0) is 36.1. The second-order valence-electron chi connectivity index (χ2n) is 13.0. The second-order valence-corrected chi connectivity index (χ2v) is 13.0. The number of pyridine rings is 2. The van der Waals surface area contributed by atoms with Gasteiger partial charge in [-0.15, -0.1) is 0 Å². The first-order chi connectivity index (χ1) is 23.8. The van der Waals surface area contributed by atoms with Crippen LogP contribution < -0.4 is 21.9 Å². The lowest BCUT2D eigenvalue weighted by Crippen LogP contribution is -2.50. The molecule has 0 bridgehead atoms. The zero-order valence-electron chi connectivity index (χ0n) is 28.5. The molecule has 6 rings (SSSR count). The number of benzene rings is 2. The lowest BCUT2D eigenvalue weighted by Gasteiger charge is -2.35. The number of aryl methyl sites for hydroxylation is 1. The van der Waals surface area contributed by atoms with E-state index in [4.69, 9.17) is 20.2 Å². The van der Waals surface area contributed by atoms with Gasteiger partial charge in [0.05, 0.1) is 40.6 Å². The number of nitrogens with one attached hydrogen (secondary N) is 2. The molecule has 2 aliphatic heterocycles. The molecule has 0 spiro atoms. The van der Waals surface area contributed by atoms with Crippen molar-refractivity contribution in [2.45, 2.75) is 78.3 Å². The van der Waals surface area contributed by atoms with Crippen LogP contribution in [0.1, 0.15) is 73.7 Å². The van der Waals surface area contributed by atoms with Crippen LogP contribution in [0, 0.1) is 5.92 Å². The van der Waals surface area contributed by atoms with Gasteiger partial charge >= 0.3 is 11.9 Å². The van der Waals surface area contributed by atoms with Gasteiger partial charge in [0.1, 0.15) is 18.4 Å². The van der Waals surface area contributed by atoms with Crippen molar-refractivity contribution in [2.75, 3.05) is 5.32 Å². The standard InChI is InChI=1S/C37H39N5O8/c1-6-23-24-14-22(43)12-13-28(24)41-31-25(23)16-42-29(31)15-27-26(34(42)46)17-49-36(48)37(27,7-2)50-35(47)20-8-10-21(11-9-20)40-32(44)19(5)39-33(45)30(38)18(3)4/h8-15,18-19,30,43H,6-7,16-17,38H2,1-5H3,(H,39,45)(H,40,44)/t19-,30-,37-/m0/s1. The predicted molar refractivity (Wildman–Crippen MR) is 184 cm³/mol. The highest BCUT2D eigenvalue weighted by Crippen LogP contribution is 2.42. The summed E-state index contributed by atoms with van der Waals surface area (Å²) in [7, 11) is 0. The fourth-order valence-corrected chi connectivity index (χ4v) is 6.55. The van der Waals surface area contributed by atoms with Gasteiger partial charge in [0.15, 0.2) is 0 Å². The SMILES string of the molecule is CCc1c2c(nc3ccc(O)cc13)-c1cc3c(c(=O)n1C2)COC(=O)[C@@]3(CC)OC(=O)c1ccc(NC(=O)[C@H](C)NC(=O)[C@@H](N)C(C)C)cc1. The number of rotatable bonds is 9. The van der Waals surface area contributed by atoms with E-state index < -0.39 is 41.4 Å². The molecule has 0 saturated carbocycles. The molecule has 13 nitrogen and oxygen atoms in total. The molecule has 2 aromatic heterocycles. The molecular weight excluding hydrogens is 642 g/mol. The van der Waals surface area contributed by atoms with E-state index in [0.717, 1.165) is 16.5 Å². The molecule has 2 aromatic carbocycles. The number of carbonyl (C=O) groups is 4. The van der Waals surface area contributed by atoms with Crippen molar-refractivity contribution in [3.05, 3.63) is 86.7 Å². The summed E-state index contributed by atoms with van der Waals surface area (Å²) >= 11 is 0. The largest absolute Gasteiger partial charge is 0.508 e. The minimum absolute atomic E-state index is 0.0107. The number of phenolic OH excluding ortho intramolecular Hbond substituents is 1. The van der Waals surface area contributed by atoms with Gasteiger partial charge in [-0.2, -0.15) is 0 Å². The third-order valence-corrected chi connectivity index (χ3v) is 9.54. The number of hydrogen-bond acceptors (Lipinski definition) is 10. The number of cyclic esters (lactones) is 1. The van der Waals surface area contributed by atoms with Crippen molar-refractivity contribution in [3.63, 3.8) is 0 Å². The smallest absolute Gasteiger partial charge is 0.355 e. The van der Waals surface area contributed by atoms with Crippen LogP contribution in [-0.4, -0.2) is 50.5 Å². The third-order valence-electron chi connectivity index (χ3n) is 9.54. The molecule has 13 heteroatoms. The summed E-state index contributed by atoms with van der Waals surface area (Å²) in [5.74, 6) is -2.54. The average molecular weight is 682 g/mol. The number of esters is 2. The molecule has 0 fully saturated rings. The Balaban J connectivity index is 1.28. The molecular formula is C37H39N5O8. The lowest BCUT2D eigenvalue weighted by molar-refractivity contribution is -0.173. The monoisotopic (exact) mass is 681 g/mol. The summed E-state index contributed by atoms with van der Waals surface area (Å²) in [4.78, 5) is 70.9. The van der Waals surface area contributed by atoms with Crippen molar-refractivity contribution < 1.29 is 33.8 Å². The first kappa shape index (κ1) is 34.3. The summed E-state index contributed by atoms with van der Waals surface area (Å²) < 4.78 is 13.0. The van der Waals surface area contributed by atoms with Gasteiger partial charge in [-0.05, 0) is 79.8 Å². The summed E-state index contributed by atoms with van der Waals surface area (Å²) in [6.07, 6.45) is 0.625. The lowest BCUT2D eigenvalue weighted by atomic mass is 9.85. The number of nitrogens with zero attached hydrogens (tertiary/aromatic N) is 2. The minimum atomic E-state index is -1.91. The summed E-state index contributed by atoms with van der Waals surface area (Å²) in [5, 5.41) is 16.2. The molecule has 50 heavy (non-hydrogen) atoms. The van der Waals surface area contributed by atoms with Crippen LogP contribution in [0.3, 0.4) is 0 Å². The van der Waals surface area contributed by atoms with E-state index in [-0.39, 0.29) is 53.5 Å². The maximum atomic E-state index is 14.0. The van der Waals surface area contributed by atoms with E-state index in [9.17, 15) is 29.1 Å². The van der Waals surface area contributed by atoms with Gasteiger partial charge in [-0.1, -0.05) is 27.7 Å². The Kier molecular flexibility index (Phi) is 8.95. The van der Waals surface area contributed by atoms with Crippen LogP contribution >= 0.6 is 0 Å². The van der Waals surface area contributed by atoms with Crippen molar-refractivity contribution in [3.8, 4) is 17.1 Å². The summed E-state index contributed by atoms with van der Waals surface area (Å²) in [6, 6.07) is 10.9. The van der Waals surface area contributed by atoms with E-state index in [1.807, 2.05) is 6.92 Å². The van der Waals surface area contributed by atoms with Gasteiger partial charge in [-0.3, -0.25) is 14.4 Å². The molecule has 2 aliphatic rings. The predicted octanol–water partition coefficient (Wildman–Crippen LogP) is 3.64. The van der Waals surface area contributed by atoms with Crippen LogP contribution in [0.4, 0.5) is 5.69 Å². The molecule has 260 valence electrons. The number of aromatic hydroxyl groups is 1. The van der Waals surface area contributed by atoms with Crippen molar-refractivity contribution in [2.24, 2.45) is 11.7 Å². The van der Waals surface area contributed by atoms with Crippen LogP contribution in [0.15, 0.2) is 53.3 Å². The molecule has 2 amide bonds. The number of fused-ring (bicyclic) bond motifs is 5. The molecule has 0 aliphatic carbocycles. The van der Waals surface area contributed by atoms with Crippen molar-refractivity contribution >= 4 is 40.3 Å². The van der Waals surface area contributed by atoms with Gasteiger partial charge in [0, 0.05) is 22.2 Å². The molecule has 0 radical (unpaired) electrons. The van der Waals surface area contributed by atoms with E-state index in [1.54, 1.807) is 49.6 Å². The van der Waals surface area contributed by atoms with Crippen LogP contribution in [0.2, 0.25) is 0 Å². The second kappa shape index (κ2) is 13.0. The molecule has 3 atom stereocenters. The zero-order valence-corrected chi connectivity index (χ0v) is 28.5. The topological polar surface area (TPSA) is 192 Å². The van der Waals surface area contributed by atoms with Gasteiger partial charge < -0.3 is 35.5 Å². The third kappa shape index (κ3) is 5.76. The quantitative estimate of drug-likeness (QED) is 0.167. The molecule has 5 N–H and O–H groups in total. The number of amides is 2. The van der Waals surface area contributed by atoms with Crippen molar-refractivity contribution in [1.82, 2.24) is 14.9 Å². The summed E-state index contributed by atoms with van der Waals surface area (Å²) in [5.41, 5.74) is 8.03. The fraction of sp³-hybridized carbons (Fsp3) is 0.351. The number of hydrogen-bond donors (Lipinski definition) is 4. The number of phenols is 1. The average Bonchev–Trinajstić information content (AvgIpc) is 3.46. The Morgan fingerprint density at radius 1 is 1.04 bits per heavy atom. The van der Waals surface area contributed by atoms with E-state index >= 15 is 0 Å². The Labute approximate surface area is 287 Å². The number of anilines is 1. The first-order valence-electron chi connectivity index (χ1n) is 16.6. The maximum Gasteiger partial charge on any atom is 0.355 e. The van der Waals surface area contributed by atoms with Crippen LogP contribution in [0.25, 0.3) is 22.3 Å². The van der Waals surface area contributed by atoms with Gasteiger partial charge in [0.2, 0.25) is 17.4 Å². The van der Waals surface area contributed by atoms with Gasteiger partial charge in [0.25, 0.3) is 5.56 Å². The fourth-order valence-electron chi connectivity index (χ4n) is 6.55. The van der Waals surface area contributed by atoms with Crippen LogP contribution in [0.5, 0.6) is 5.75 Å². The Morgan fingerprint density at radius 2 is 1.76 bits per heavy atom. The highest BCUT2D eigenvalue weighted by Gasteiger charge is 2.50. The van der Waals surface area contributed by atoms with Gasteiger partial charge in [-0.25, -0.2) is 14.6 Å². The van der Waals surface area contributed by atoms with Crippen molar-refractivity contribution in [1.29, 1.82) is 0 Å². The molecule has 4 heterocycles. The molecule has 4 aromatic rings. The number of carbonyl (C=O) groups excluding carboxylic acids is 4. The van der Waals surface area contributed by atoms with Crippen LogP contribution in [-0.2, 0) is 49.0 Å². The minimum Gasteiger partial charge on any atom is -0.508 e. The highest BCUT2D eigenvalue weighted by molar-refractivity contribution is 5.99. The number of aromatic nitrogens is 2. The molecule has 0 unspecified atom stereocenters. The van der Waals surface area contributed by atoms with E-state index in [1.165, 1.54) is 31.2 Å². The summed E-state index contributed by atoms with van der Waals surface area (Å²) in [6.45, 7) is 8.79. The Morgan fingerprint density at radius 3 is 2.42 bits per heavy atom. The molecule has 0 saturated heterocycles. The number of nitrogens with two attached hydrogens (primary N) is 1. The van der Waals surface area contributed by atoms with E-state index in [2.05, 4.69) is 10.6 Å². The van der Waals surface area contributed by atoms with E-state index in [0.29, 0.717) is 29.0 Å².